The minimum absolute atomic E-state index is 0.255. The van der Waals surface area contributed by atoms with Crippen molar-refractivity contribution in [2.24, 2.45) is 0 Å². The van der Waals surface area contributed by atoms with Crippen LogP contribution in [0.1, 0.15) is 239 Å². The Kier molecular flexibility index (Phi) is 55.8. The number of amides is 1. The van der Waals surface area contributed by atoms with Crippen molar-refractivity contribution in [2.75, 3.05) is 19.8 Å². The fourth-order valence-corrected chi connectivity index (χ4v) is 10.7. The molecule has 0 bridgehead atoms. The second-order valence-electron chi connectivity index (χ2n) is 24.6. The van der Waals surface area contributed by atoms with Crippen LogP contribution in [0.5, 0.6) is 0 Å². The topological polar surface area (TPSA) is 228 Å². The van der Waals surface area contributed by atoms with Gasteiger partial charge in [-0.1, -0.05) is 268 Å². The molecule has 9 N–H and O–H groups in total. The summed E-state index contributed by atoms with van der Waals surface area (Å²) < 4.78 is 22.8. The Morgan fingerprint density at radius 1 is 0.398 bits per heavy atom. The number of carbonyl (C=O) groups excluding carboxylic acids is 1. The number of rotatable bonds is 57. The van der Waals surface area contributed by atoms with Crippen molar-refractivity contribution in [3.63, 3.8) is 0 Å². The normalized spacial score (nSPS) is 23.5. The Labute approximate surface area is 563 Å². The van der Waals surface area contributed by atoms with Gasteiger partial charge in [-0.25, -0.2) is 0 Å². The molecular weight excluding hydrogens is 1170 g/mol. The second kappa shape index (κ2) is 61.2. The average molecular weight is 1300 g/mol. The summed E-state index contributed by atoms with van der Waals surface area (Å²) in [6, 6.07) is -0.952. The Morgan fingerprint density at radius 3 is 1.18 bits per heavy atom. The van der Waals surface area contributed by atoms with E-state index in [2.05, 4.69) is 165 Å². The van der Waals surface area contributed by atoms with E-state index in [9.17, 15) is 45.6 Å². The largest absolute Gasteiger partial charge is 0.394 e. The van der Waals surface area contributed by atoms with E-state index >= 15 is 0 Å². The van der Waals surface area contributed by atoms with Crippen LogP contribution in [0.2, 0.25) is 0 Å². The van der Waals surface area contributed by atoms with Gasteiger partial charge in [-0.3, -0.25) is 4.79 Å². The van der Waals surface area contributed by atoms with Crippen LogP contribution in [0.3, 0.4) is 0 Å². The molecule has 12 atom stereocenters. The van der Waals surface area contributed by atoms with Crippen molar-refractivity contribution >= 4 is 5.91 Å². The van der Waals surface area contributed by atoms with Gasteiger partial charge in [0.15, 0.2) is 12.6 Å². The molecule has 93 heavy (non-hydrogen) atoms. The maximum Gasteiger partial charge on any atom is 0.220 e. The van der Waals surface area contributed by atoms with Crippen LogP contribution in [0.15, 0.2) is 158 Å². The van der Waals surface area contributed by atoms with Crippen molar-refractivity contribution < 1.29 is 64.6 Å². The molecule has 0 spiro atoms. The minimum Gasteiger partial charge on any atom is -0.394 e. The Bertz CT molecular complexity index is 2170. The SMILES string of the molecule is CC/C=C\C/C=C\C/C=C\C/C=C\C/C=C\C/C=C\C/C=C\C/C=C\C/C=C\C/C=C\CCCCCCCCCCCCC(=O)NC(COC1OC(CO)C(OC2OC(CO)C(O)C(O)C2O)C(O)C1O)C(O)/C=C/CC/C=C/CC/C=C/CCCCCCCCCC. The quantitative estimate of drug-likeness (QED) is 0.0204. The number of hydrogen-bond acceptors (Lipinski definition) is 13. The number of carbonyl (C=O) groups is 1. The highest BCUT2D eigenvalue weighted by Gasteiger charge is 2.51. The molecule has 14 nitrogen and oxygen atoms in total. The number of ether oxygens (including phenoxy) is 4. The number of aliphatic hydroxyl groups is 8. The lowest BCUT2D eigenvalue weighted by Gasteiger charge is -2.46. The van der Waals surface area contributed by atoms with Crippen LogP contribution in [0, 0.1) is 0 Å². The van der Waals surface area contributed by atoms with Crippen LogP contribution in [0.4, 0.5) is 0 Å². The van der Waals surface area contributed by atoms with E-state index < -0.39 is 86.8 Å². The monoisotopic (exact) mass is 1300 g/mol. The van der Waals surface area contributed by atoms with Crippen LogP contribution in [-0.2, 0) is 23.7 Å². The molecular formula is C79H129NO13. The van der Waals surface area contributed by atoms with Crippen LogP contribution < -0.4 is 5.32 Å². The third-order valence-electron chi connectivity index (χ3n) is 16.4. The first-order valence-electron chi connectivity index (χ1n) is 36.2. The Morgan fingerprint density at radius 2 is 0.753 bits per heavy atom. The first kappa shape index (κ1) is 84.7. The molecule has 2 fully saturated rings. The maximum atomic E-state index is 13.3. The molecule has 528 valence electrons. The van der Waals surface area contributed by atoms with E-state index in [0.29, 0.717) is 12.8 Å². The van der Waals surface area contributed by atoms with Gasteiger partial charge in [0.1, 0.15) is 48.8 Å². The molecule has 2 aliphatic rings. The van der Waals surface area contributed by atoms with E-state index in [0.717, 1.165) is 116 Å². The van der Waals surface area contributed by atoms with Crippen molar-refractivity contribution in [2.45, 2.75) is 312 Å². The summed E-state index contributed by atoms with van der Waals surface area (Å²) in [6.07, 6.45) is 77.3. The second-order valence-corrected chi connectivity index (χ2v) is 24.6. The van der Waals surface area contributed by atoms with E-state index in [1.807, 2.05) is 6.08 Å². The molecule has 2 rings (SSSR count). The molecule has 2 saturated heterocycles. The van der Waals surface area contributed by atoms with Gasteiger partial charge in [-0.2, -0.15) is 0 Å². The molecule has 2 heterocycles. The zero-order valence-electron chi connectivity index (χ0n) is 57.4. The molecule has 1 amide bonds. The van der Waals surface area contributed by atoms with Gasteiger partial charge in [-0.05, 0) is 122 Å². The van der Waals surface area contributed by atoms with Gasteiger partial charge in [0.25, 0.3) is 0 Å². The lowest BCUT2D eigenvalue weighted by molar-refractivity contribution is -0.359. The molecule has 0 aromatic rings. The number of aliphatic hydroxyl groups excluding tert-OH is 8. The van der Waals surface area contributed by atoms with Crippen LogP contribution in [-0.4, -0.2) is 140 Å². The fourth-order valence-electron chi connectivity index (χ4n) is 10.7. The highest BCUT2D eigenvalue weighted by Crippen LogP contribution is 2.30. The minimum atomic E-state index is -1.80. The van der Waals surface area contributed by atoms with Crippen LogP contribution in [0.25, 0.3) is 0 Å². The fraction of sp³-hybridized carbons (Fsp3) is 0.658. The van der Waals surface area contributed by atoms with Gasteiger partial charge in [0.05, 0.1) is 32.0 Å². The standard InChI is InChI=1S/C79H129NO13/c1-3-5-7-9-11-13-15-17-19-21-23-24-25-26-27-28-29-30-31-32-33-34-35-36-37-38-39-40-41-42-43-44-45-47-49-51-53-55-57-59-61-63-71(84)80-67(68(83)62-60-58-56-54-52-50-48-46-22-20-18-16-14-12-10-8-6-4-2)66-90-78-76(89)74(87)77(70(65-82)92-78)93-79-75(88)73(86)72(85)69(64-81)91-79/h5,7,11,13,17,19,22-24,26-27,29-30,32-33,35-36,38-39,41-42,46,52,54,60,62,67-70,72-79,81-83,85-89H,3-4,6,8-10,12,14-16,18,20-21,25,28,31,34,37,40,43-45,47-51,53,55-59,61,63-66H2,1-2H3,(H,80,84)/b7-5-,13-11-,19-17-,24-23-,27-26-,30-29-,33-32-,36-35-,39-38-,42-41-,46-22+,54-52+,62-60+. The highest BCUT2D eigenvalue weighted by molar-refractivity contribution is 5.76. The van der Waals surface area contributed by atoms with E-state index in [-0.39, 0.29) is 18.9 Å². The van der Waals surface area contributed by atoms with Gasteiger partial charge in [-0.15, -0.1) is 0 Å². The summed E-state index contributed by atoms with van der Waals surface area (Å²) >= 11 is 0. The highest BCUT2D eigenvalue weighted by atomic mass is 16.7. The third kappa shape index (κ3) is 44.9. The maximum absolute atomic E-state index is 13.3. The lowest BCUT2D eigenvalue weighted by Crippen LogP contribution is -2.65. The molecule has 0 radical (unpaired) electrons. The summed E-state index contributed by atoms with van der Waals surface area (Å²) in [4.78, 5) is 13.3. The number of hydrogen-bond donors (Lipinski definition) is 9. The summed E-state index contributed by atoms with van der Waals surface area (Å²) in [5, 5.41) is 87.4. The number of nitrogens with one attached hydrogen (secondary N) is 1. The third-order valence-corrected chi connectivity index (χ3v) is 16.4. The summed E-state index contributed by atoms with van der Waals surface area (Å²) in [6.45, 7) is 2.64. The zero-order chi connectivity index (χ0) is 67.3. The first-order chi connectivity index (χ1) is 45.6. The molecule has 0 aromatic carbocycles. The van der Waals surface area contributed by atoms with Gasteiger partial charge < -0.3 is 65.1 Å². The van der Waals surface area contributed by atoms with Gasteiger partial charge in [0, 0.05) is 6.42 Å². The lowest BCUT2D eigenvalue weighted by atomic mass is 9.97. The van der Waals surface area contributed by atoms with Crippen molar-refractivity contribution in [3.8, 4) is 0 Å². The number of allylic oxidation sites excluding steroid dienone is 25. The zero-order valence-corrected chi connectivity index (χ0v) is 57.4. The molecule has 0 aliphatic carbocycles. The molecule has 12 unspecified atom stereocenters. The smallest absolute Gasteiger partial charge is 0.220 e. The van der Waals surface area contributed by atoms with Crippen molar-refractivity contribution in [1.29, 1.82) is 0 Å². The summed E-state index contributed by atoms with van der Waals surface area (Å²) in [7, 11) is 0. The van der Waals surface area contributed by atoms with E-state index in [4.69, 9.17) is 18.9 Å². The predicted octanol–water partition coefficient (Wildman–Crippen LogP) is 15.4. The number of unbranched alkanes of at least 4 members (excludes halogenated alkanes) is 20. The summed E-state index contributed by atoms with van der Waals surface area (Å²) in [5.41, 5.74) is 0. The van der Waals surface area contributed by atoms with Crippen molar-refractivity contribution in [1.82, 2.24) is 5.32 Å². The first-order valence-corrected chi connectivity index (χ1v) is 36.2. The Hall–Kier alpha value is -4.39. The van der Waals surface area contributed by atoms with E-state index in [1.165, 1.54) is 89.9 Å². The van der Waals surface area contributed by atoms with E-state index in [1.54, 1.807) is 6.08 Å². The van der Waals surface area contributed by atoms with Gasteiger partial charge >= 0.3 is 0 Å². The molecule has 2 aliphatic heterocycles. The molecule has 14 heteroatoms. The molecule has 0 aromatic heterocycles. The Balaban J connectivity index is 1.64. The van der Waals surface area contributed by atoms with Crippen LogP contribution >= 0.6 is 0 Å². The average Bonchev–Trinajstić information content (AvgIpc) is 0.958. The predicted molar refractivity (Wildman–Crippen MR) is 382 cm³/mol. The van der Waals surface area contributed by atoms with Gasteiger partial charge in [0.2, 0.25) is 5.91 Å². The summed E-state index contributed by atoms with van der Waals surface area (Å²) in [5.74, 6) is -0.264. The molecule has 0 saturated carbocycles. The van der Waals surface area contributed by atoms with Crippen molar-refractivity contribution in [3.05, 3.63) is 158 Å².